The molecule has 0 atom stereocenters. The summed E-state index contributed by atoms with van der Waals surface area (Å²) < 4.78 is 0. The lowest BCUT2D eigenvalue weighted by molar-refractivity contribution is -0.116. The molecule has 2 aromatic carbocycles. The molecular weight excluding hydrogens is 272 g/mol. The minimum absolute atomic E-state index is 0.0922. The number of carbonyl (C=O) groups excluding carboxylic acids is 1. The van der Waals surface area contributed by atoms with Gasteiger partial charge in [0.15, 0.2) is 0 Å². The summed E-state index contributed by atoms with van der Waals surface area (Å²) in [5.41, 5.74) is 9.10. The van der Waals surface area contributed by atoms with E-state index < -0.39 is 0 Å². The Balaban J connectivity index is 1.94. The van der Waals surface area contributed by atoms with Gasteiger partial charge in [0.2, 0.25) is 5.91 Å². The highest BCUT2D eigenvalue weighted by molar-refractivity contribution is 6.34. The van der Waals surface area contributed by atoms with Gasteiger partial charge in [-0.1, -0.05) is 47.5 Å². The highest BCUT2D eigenvalue weighted by atomic mass is 35.5. The monoisotopic (exact) mass is 288 g/mol. The second-order valence-corrected chi connectivity index (χ2v) is 5.15. The van der Waals surface area contributed by atoms with E-state index in [0.29, 0.717) is 29.2 Å². The Morgan fingerprint density at radius 1 is 1.20 bits per heavy atom. The number of amides is 1. The van der Waals surface area contributed by atoms with Gasteiger partial charge >= 0.3 is 0 Å². The van der Waals surface area contributed by atoms with Crippen LogP contribution in [0.4, 0.5) is 11.4 Å². The van der Waals surface area contributed by atoms with Crippen LogP contribution in [0.5, 0.6) is 0 Å². The predicted octanol–water partition coefficient (Wildman–Crippen LogP) is 3.80. The maximum Gasteiger partial charge on any atom is 0.224 e. The van der Waals surface area contributed by atoms with Crippen molar-refractivity contribution in [2.45, 2.75) is 19.8 Å². The number of halogens is 1. The molecule has 3 N–H and O–H groups in total. The van der Waals surface area contributed by atoms with Gasteiger partial charge < -0.3 is 11.1 Å². The zero-order valence-electron chi connectivity index (χ0n) is 11.3. The summed E-state index contributed by atoms with van der Waals surface area (Å²) in [7, 11) is 0. The Morgan fingerprint density at radius 2 is 1.90 bits per heavy atom. The van der Waals surface area contributed by atoms with Crippen molar-refractivity contribution in [3.05, 3.63) is 58.6 Å². The molecule has 0 aliphatic heterocycles. The van der Waals surface area contributed by atoms with Crippen LogP contribution in [0.1, 0.15) is 17.5 Å². The number of carbonyl (C=O) groups is 1. The van der Waals surface area contributed by atoms with Crippen LogP contribution in [0.25, 0.3) is 0 Å². The first-order valence-electron chi connectivity index (χ1n) is 6.45. The third-order valence-corrected chi connectivity index (χ3v) is 3.39. The van der Waals surface area contributed by atoms with Crippen molar-refractivity contribution in [2.24, 2.45) is 0 Å². The summed E-state index contributed by atoms with van der Waals surface area (Å²) >= 11 is 6.01. The summed E-state index contributed by atoms with van der Waals surface area (Å²) in [6.45, 7) is 2.04. The third-order valence-electron chi connectivity index (χ3n) is 3.07. The van der Waals surface area contributed by atoms with E-state index in [4.69, 9.17) is 17.3 Å². The molecule has 2 aromatic rings. The number of aryl methyl sites for hydroxylation is 2. The van der Waals surface area contributed by atoms with Crippen molar-refractivity contribution < 1.29 is 4.79 Å². The normalized spacial score (nSPS) is 10.3. The molecule has 1 amide bonds. The number of para-hydroxylation sites is 1. The first kappa shape index (κ1) is 14.4. The van der Waals surface area contributed by atoms with Crippen LogP contribution in [0.15, 0.2) is 42.5 Å². The fourth-order valence-corrected chi connectivity index (χ4v) is 2.12. The van der Waals surface area contributed by atoms with E-state index in [1.807, 2.05) is 31.2 Å². The van der Waals surface area contributed by atoms with E-state index in [1.165, 1.54) is 5.56 Å². The lowest BCUT2D eigenvalue weighted by atomic mass is 10.1. The molecule has 0 saturated heterocycles. The van der Waals surface area contributed by atoms with E-state index in [2.05, 4.69) is 5.32 Å². The van der Waals surface area contributed by atoms with Gasteiger partial charge in [-0.15, -0.1) is 0 Å². The largest absolute Gasteiger partial charge is 0.397 e. The number of rotatable bonds is 4. The molecule has 2 rings (SSSR count). The standard InChI is InChI=1S/C16H17ClN2O/c1-11-5-7-12(8-6-11)9-10-15(20)19-16-13(17)3-2-4-14(16)18/h2-8H,9-10,18H2,1H3,(H,19,20). The van der Waals surface area contributed by atoms with Gasteiger partial charge in [0.1, 0.15) is 0 Å². The number of nitrogens with two attached hydrogens (primary N) is 1. The number of nitrogens with one attached hydrogen (secondary N) is 1. The smallest absolute Gasteiger partial charge is 0.224 e. The first-order valence-corrected chi connectivity index (χ1v) is 6.83. The summed E-state index contributed by atoms with van der Waals surface area (Å²) in [5, 5.41) is 3.22. The first-order chi connectivity index (χ1) is 9.56. The summed E-state index contributed by atoms with van der Waals surface area (Å²) in [6, 6.07) is 13.3. The maximum absolute atomic E-state index is 11.9. The molecule has 0 fully saturated rings. The van der Waals surface area contributed by atoms with Crippen molar-refractivity contribution >= 4 is 28.9 Å². The lowest BCUT2D eigenvalue weighted by Gasteiger charge is -2.10. The van der Waals surface area contributed by atoms with Gasteiger partial charge in [-0.25, -0.2) is 0 Å². The van der Waals surface area contributed by atoms with Gasteiger partial charge in [0, 0.05) is 6.42 Å². The van der Waals surface area contributed by atoms with Crippen molar-refractivity contribution in [3.63, 3.8) is 0 Å². The Bertz CT molecular complexity index is 588. The molecule has 0 unspecified atom stereocenters. The number of nitrogen functional groups attached to an aromatic ring is 1. The molecule has 0 bridgehead atoms. The summed E-state index contributed by atoms with van der Waals surface area (Å²) in [4.78, 5) is 11.9. The fourth-order valence-electron chi connectivity index (χ4n) is 1.89. The second-order valence-electron chi connectivity index (χ2n) is 4.74. The molecule has 104 valence electrons. The van der Waals surface area contributed by atoms with Gasteiger partial charge in [0.05, 0.1) is 16.4 Å². The maximum atomic E-state index is 11.9. The zero-order valence-corrected chi connectivity index (χ0v) is 12.1. The molecule has 0 saturated carbocycles. The van der Waals surface area contributed by atoms with Gasteiger partial charge in [0.25, 0.3) is 0 Å². The molecule has 0 heterocycles. The van der Waals surface area contributed by atoms with Crippen molar-refractivity contribution in [3.8, 4) is 0 Å². The minimum atomic E-state index is -0.0922. The molecule has 0 spiro atoms. The average Bonchev–Trinajstić information content (AvgIpc) is 2.42. The van der Waals surface area contributed by atoms with E-state index >= 15 is 0 Å². The molecule has 3 nitrogen and oxygen atoms in total. The topological polar surface area (TPSA) is 55.1 Å². The quantitative estimate of drug-likeness (QED) is 0.841. The number of benzene rings is 2. The van der Waals surface area contributed by atoms with Crippen molar-refractivity contribution in [2.75, 3.05) is 11.1 Å². The highest BCUT2D eigenvalue weighted by Gasteiger charge is 2.08. The predicted molar refractivity (Wildman–Crippen MR) is 84.0 cm³/mol. The van der Waals surface area contributed by atoms with Crippen molar-refractivity contribution in [1.29, 1.82) is 0 Å². The fraction of sp³-hybridized carbons (Fsp3) is 0.188. The van der Waals surface area contributed by atoms with Crippen LogP contribution < -0.4 is 11.1 Å². The molecule has 0 aliphatic rings. The SMILES string of the molecule is Cc1ccc(CCC(=O)Nc2c(N)cccc2Cl)cc1. The van der Waals surface area contributed by atoms with Crippen LogP contribution in [-0.2, 0) is 11.2 Å². The van der Waals surface area contributed by atoms with E-state index in [1.54, 1.807) is 18.2 Å². The number of hydrogen-bond acceptors (Lipinski definition) is 2. The van der Waals surface area contributed by atoms with Crippen LogP contribution >= 0.6 is 11.6 Å². The highest BCUT2D eigenvalue weighted by Crippen LogP contribution is 2.27. The van der Waals surface area contributed by atoms with E-state index in [9.17, 15) is 4.79 Å². The summed E-state index contributed by atoms with van der Waals surface area (Å²) in [5.74, 6) is -0.0922. The van der Waals surface area contributed by atoms with Crippen LogP contribution in [0, 0.1) is 6.92 Å². The van der Waals surface area contributed by atoms with Crippen LogP contribution in [-0.4, -0.2) is 5.91 Å². The molecule has 0 aromatic heterocycles. The molecule has 0 radical (unpaired) electrons. The van der Waals surface area contributed by atoms with Crippen LogP contribution in [0.3, 0.4) is 0 Å². The molecular formula is C16H17ClN2O. The number of hydrogen-bond donors (Lipinski definition) is 2. The molecule has 0 aliphatic carbocycles. The third kappa shape index (κ3) is 3.75. The summed E-state index contributed by atoms with van der Waals surface area (Å²) in [6.07, 6.45) is 1.09. The minimum Gasteiger partial charge on any atom is -0.397 e. The number of anilines is 2. The second kappa shape index (κ2) is 6.44. The van der Waals surface area contributed by atoms with E-state index in [-0.39, 0.29) is 5.91 Å². The Morgan fingerprint density at radius 3 is 2.55 bits per heavy atom. The zero-order chi connectivity index (χ0) is 14.5. The molecule has 20 heavy (non-hydrogen) atoms. The van der Waals surface area contributed by atoms with E-state index in [0.717, 1.165) is 5.56 Å². The average molecular weight is 289 g/mol. The lowest BCUT2D eigenvalue weighted by Crippen LogP contribution is -2.14. The van der Waals surface area contributed by atoms with Crippen LogP contribution in [0.2, 0.25) is 5.02 Å². The van der Waals surface area contributed by atoms with Gasteiger partial charge in [-0.2, -0.15) is 0 Å². The van der Waals surface area contributed by atoms with Gasteiger partial charge in [-0.3, -0.25) is 4.79 Å². The Labute approximate surface area is 123 Å². The Kier molecular flexibility index (Phi) is 4.64. The van der Waals surface area contributed by atoms with Crippen molar-refractivity contribution in [1.82, 2.24) is 0 Å². The van der Waals surface area contributed by atoms with Gasteiger partial charge in [-0.05, 0) is 31.0 Å². The Hall–Kier alpha value is -2.00. The molecule has 4 heteroatoms.